The van der Waals surface area contributed by atoms with Crippen molar-refractivity contribution in [3.63, 3.8) is 0 Å². The van der Waals surface area contributed by atoms with E-state index in [1.54, 1.807) is 0 Å². The van der Waals surface area contributed by atoms with Crippen LogP contribution in [0.25, 0.3) is 0 Å². The third-order valence-electron chi connectivity index (χ3n) is 3.64. The van der Waals surface area contributed by atoms with Crippen molar-refractivity contribution in [2.24, 2.45) is 5.92 Å². The molecule has 0 saturated carbocycles. The average Bonchev–Trinajstić information content (AvgIpc) is 2.40. The number of rotatable bonds is 5. The molecule has 0 aliphatic carbocycles. The van der Waals surface area contributed by atoms with Gasteiger partial charge in [-0.05, 0) is 60.7 Å². The lowest BCUT2D eigenvalue weighted by Crippen LogP contribution is -2.17. The highest BCUT2D eigenvalue weighted by molar-refractivity contribution is 6.30. The summed E-state index contributed by atoms with van der Waals surface area (Å²) in [5.41, 5.74) is 5.06. The van der Waals surface area contributed by atoms with E-state index in [1.165, 1.54) is 22.3 Å². The Morgan fingerprint density at radius 1 is 1.00 bits per heavy atom. The van der Waals surface area contributed by atoms with Crippen LogP contribution in [0.5, 0.6) is 0 Å². The Morgan fingerprint density at radius 2 is 1.67 bits per heavy atom. The highest BCUT2D eigenvalue weighted by atomic mass is 35.5. The highest BCUT2D eigenvalue weighted by Crippen LogP contribution is 2.26. The highest BCUT2D eigenvalue weighted by Gasteiger charge is 2.13. The van der Waals surface area contributed by atoms with E-state index in [2.05, 4.69) is 56.4 Å². The van der Waals surface area contributed by atoms with Gasteiger partial charge in [-0.15, -0.1) is 0 Å². The van der Waals surface area contributed by atoms with E-state index in [9.17, 15) is 0 Å². The molecule has 112 valence electrons. The molecule has 1 N–H and O–H groups in total. The molecule has 0 aliphatic rings. The summed E-state index contributed by atoms with van der Waals surface area (Å²) < 4.78 is 0. The zero-order valence-electron chi connectivity index (χ0n) is 13.3. The second kappa shape index (κ2) is 7.11. The van der Waals surface area contributed by atoms with Crippen LogP contribution in [0.15, 0.2) is 42.5 Å². The average molecular weight is 302 g/mol. The fraction of sp³-hybridized carbons (Fsp3) is 0.368. The summed E-state index contributed by atoms with van der Waals surface area (Å²) in [4.78, 5) is 0. The summed E-state index contributed by atoms with van der Waals surface area (Å²) in [6.07, 6.45) is 1.13. The standard InChI is InChI=1S/C19H24ClN/c1-13(2)9-15-5-7-16(8-6-15)19(21-4)17-10-14(3)11-18(20)12-17/h5-8,10-13,19,21H,9H2,1-4H3. The molecular formula is C19H24ClN. The summed E-state index contributed by atoms with van der Waals surface area (Å²) in [6, 6.07) is 15.3. The molecule has 0 heterocycles. The van der Waals surface area contributed by atoms with Gasteiger partial charge in [-0.25, -0.2) is 0 Å². The molecule has 1 atom stereocenters. The quantitative estimate of drug-likeness (QED) is 0.804. The van der Waals surface area contributed by atoms with E-state index >= 15 is 0 Å². The fourth-order valence-corrected chi connectivity index (χ4v) is 3.07. The Hall–Kier alpha value is -1.31. The van der Waals surface area contributed by atoms with Gasteiger partial charge in [-0.3, -0.25) is 0 Å². The normalized spacial score (nSPS) is 12.7. The zero-order valence-corrected chi connectivity index (χ0v) is 14.0. The van der Waals surface area contributed by atoms with Crippen molar-refractivity contribution in [1.82, 2.24) is 5.32 Å². The topological polar surface area (TPSA) is 12.0 Å². The molecule has 0 radical (unpaired) electrons. The van der Waals surface area contributed by atoms with Gasteiger partial charge >= 0.3 is 0 Å². The van der Waals surface area contributed by atoms with Gasteiger partial charge < -0.3 is 5.32 Å². The van der Waals surface area contributed by atoms with Crippen molar-refractivity contribution in [2.75, 3.05) is 7.05 Å². The number of hydrogen-bond acceptors (Lipinski definition) is 1. The maximum atomic E-state index is 6.19. The smallest absolute Gasteiger partial charge is 0.0574 e. The Balaban J connectivity index is 2.28. The lowest BCUT2D eigenvalue weighted by Gasteiger charge is -2.19. The van der Waals surface area contributed by atoms with Crippen LogP contribution in [0.1, 0.15) is 42.1 Å². The van der Waals surface area contributed by atoms with Gasteiger partial charge in [-0.2, -0.15) is 0 Å². The second-order valence-electron chi connectivity index (χ2n) is 6.12. The van der Waals surface area contributed by atoms with Gasteiger partial charge in [0.05, 0.1) is 6.04 Å². The molecule has 1 nitrogen and oxygen atoms in total. The summed E-state index contributed by atoms with van der Waals surface area (Å²) in [7, 11) is 1.99. The SMILES string of the molecule is CNC(c1ccc(CC(C)C)cc1)c1cc(C)cc(Cl)c1. The predicted molar refractivity (Wildman–Crippen MR) is 92.1 cm³/mol. The first-order valence-corrected chi connectivity index (χ1v) is 7.90. The van der Waals surface area contributed by atoms with Crippen LogP contribution in [0.2, 0.25) is 5.02 Å². The number of hydrogen-bond donors (Lipinski definition) is 1. The Morgan fingerprint density at radius 3 is 2.19 bits per heavy atom. The van der Waals surface area contributed by atoms with Crippen LogP contribution in [0, 0.1) is 12.8 Å². The molecule has 0 fully saturated rings. The van der Waals surface area contributed by atoms with Gasteiger partial charge in [0.2, 0.25) is 0 Å². The van der Waals surface area contributed by atoms with Gasteiger partial charge in [0.15, 0.2) is 0 Å². The van der Waals surface area contributed by atoms with Crippen molar-refractivity contribution in [2.45, 2.75) is 33.2 Å². The minimum Gasteiger partial charge on any atom is -0.309 e. The van der Waals surface area contributed by atoms with E-state index in [0.717, 1.165) is 11.4 Å². The fourth-order valence-electron chi connectivity index (χ4n) is 2.77. The molecule has 2 aromatic rings. The zero-order chi connectivity index (χ0) is 15.4. The Labute approximate surface area is 133 Å². The first-order chi connectivity index (χ1) is 9.99. The molecule has 0 bridgehead atoms. The molecule has 0 aliphatic heterocycles. The van der Waals surface area contributed by atoms with Crippen LogP contribution in [0.3, 0.4) is 0 Å². The molecule has 2 rings (SSSR count). The summed E-state index contributed by atoms with van der Waals surface area (Å²) in [5.74, 6) is 0.687. The van der Waals surface area contributed by atoms with Crippen molar-refractivity contribution < 1.29 is 0 Å². The minimum atomic E-state index is 0.176. The van der Waals surface area contributed by atoms with Crippen LogP contribution >= 0.6 is 11.6 Å². The molecule has 2 aromatic carbocycles. The molecule has 2 heteroatoms. The maximum Gasteiger partial charge on any atom is 0.0574 e. The van der Waals surface area contributed by atoms with Crippen LogP contribution in [-0.2, 0) is 6.42 Å². The van der Waals surface area contributed by atoms with Crippen LogP contribution in [-0.4, -0.2) is 7.05 Å². The van der Waals surface area contributed by atoms with E-state index in [4.69, 9.17) is 11.6 Å². The van der Waals surface area contributed by atoms with E-state index in [0.29, 0.717) is 5.92 Å². The Kier molecular flexibility index (Phi) is 5.44. The molecule has 21 heavy (non-hydrogen) atoms. The molecule has 0 spiro atoms. The van der Waals surface area contributed by atoms with Crippen molar-refractivity contribution in [3.05, 3.63) is 69.7 Å². The van der Waals surface area contributed by atoms with Gasteiger partial charge in [0, 0.05) is 5.02 Å². The largest absolute Gasteiger partial charge is 0.309 e. The lowest BCUT2D eigenvalue weighted by molar-refractivity contribution is 0.645. The van der Waals surface area contributed by atoms with Crippen molar-refractivity contribution in [1.29, 1.82) is 0 Å². The number of halogens is 1. The number of nitrogens with one attached hydrogen (secondary N) is 1. The summed E-state index contributed by atoms with van der Waals surface area (Å²) in [6.45, 7) is 6.58. The summed E-state index contributed by atoms with van der Waals surface area (Å²) >= 11 is 6.19. The maximum absolute atomic E-state index is 6.19. The summed E-state index contributed by atoms with van der Waals surface area (Å²) in [5, 5.41) is 4.18. The number of benzene rings is 2. The molecule has 1 unspecified atom stereocenters. The Bertz CT molecular complexity index is 567. The first-order valence-electron chi connectivity index (χ1n) is 7.52. The van der Waals surface area contributed by atoms with Crippen molar-refractivity contribution in [3.8, 4) is 0 Å². The molecule has 0 saturated heterocycles. The van der Waals surface area contributed by atoms with E-state index in [-0.39, 0.29) is 6.04 Å². The molecule has 0 amide bonds. The lowest BCUT2D eigenvalue weighted by atomic mass is 9.95. The van der Waals surface area contributed by atoms with Gasteiger partial charge in [0.25, 0.3) is 0 Å². The molecular weight excluding hydrogens is 278 g/mol. The van der Waals surface area contributed by atoms with E-state index in [1.807, 2.05) is 19.2 Å². The number of aryl methyl sites for hydroxylation is 1. The van der Waals surface area contributed by atoms with Gasteiger partial charge in [0.1, 0.15) is 0 Å². The van der Waals surface area contributed by atoms with Crippen LogP contribution < -0.4 is 5.32 Å². The second-order valence-corrected chi connectivity index (χ2v) is 6.56. The van der Waals surface area contributed by atoms with Crippen molar-refractivity contribution >= 4 is 11.6 Å². The first kappa shape index (κ1) is 16.1. The third-order valence-corrected chi connectivity index (χ3v) is 3.86. The minimum absolute atomic E-state index is 0.176. The third kappa shape index (κ3) is 4.33. The van der Waals surface area contributed by atoms with Crippen LogP contribution in [0.4, 0.5) is 0 Å². The molecule has 0 aromatic heterocycles. The van der Waals surface area contributed by atoms with E-state index < -0.39 is 0 Å². The monoisotopic (exact) mass is 301 g/mol. The predicted octanol–water partition coefficient (Wildman–Crippen LogP) is 5.16. The van der Waals surface area contributed by atoms with Gasteiger partial charge in [-0.1, -0.05) is 55.8 Å².